The van der Waals surface area contributed by atoms with E-state index in [9.17, 15) is 17.2 Å². The Morgan fingerprint density at radius 2 is 1.90 bits per heavy atom. The molecule has 3 aliphatic rings. The number of halogens is 3. The summed E-state index contributed by atoms with van der Waals surface area (Å²) in [5, 5.41) is 0.699. The van der Waals surface area contributed by atoms with E-state index in [0.717, 1.165) is 38.0 Å². The number of likely N-dealkylation sites (tertiary alicyclic amines) is 1. The van der Waals surface area contributed by atoms with E-state index in [-0.39, 0.29) is 24.2 Å². The van der Waals surface area contributed by atoms with Crippen LogP contribution in [0.5, 0.6) is 0 Å². The third-order valence-electron chi connectivity index (χ3n) is 6.95. The van der Waals surface area contributed by atoms with Gasteiger partial charge in [-0.05, 0) is 61.3 Å². The Kier molecular flexibility index (Phi) is 5.75. The van der Waals surface area contributed by atoms with Crippen LogP contribution in [0.4, 0.5) is 8.78 Å². The van der Waals surface area contributed by atoms with E-state index in [1.807, 2.05) is 12.1 Å². The maximum atomic E-state index is 13.4. The Balaban J connectivity index is 1.30. The second-order valence-corrected chi connectivity index (χ2v) is 12.3. The van der Waals surface area contributed by atoms with Gasteiger partial charge in [-0.1, -0.05) is 30.7 Å². The molecule has 2 heterocycles. The highest BCUT2D eigenvalue weighted by Gasteiger charge is 2.51. The van der Waals surface area contributed by atoms with Crippen LogP contribution in [-0.2, 0) is 16.3 Å². The topological polar surface area (TPSA) is 37.4 Å². The summed E-state index contributed by atoms with van der Waals surface area (Å²) in [4.78, 5) is 2.40. The number of rotatable bonds is 5. The average Bonchev–Trinajstić information content (AvgIpc) is 2.97. The Morgan fingerprint density at radius 1 is 1.21 bits per heavy atom. The highest BCUT2D eigenvalue weighted by molar-refractivity contribution is 7.92. The minimum atomic E-state index is -2.78. The fourth-order valence-electron chi connectivity index (χ4n) is 5.60. The second kappa shape index (κ2) is 7.76. The van der Waals surface area contributed by atoms with Gasteiger partial charge in [0.1, 0.15) is 0 Å². The number of alkyl halides is 2. The molecule has 1 atom stereocenters. The van der Waals surface area contributed by atoms with Crippen LogP contribution < -0.4 is 0 Å². The van der Waals surface area contributed by atoms with Gasteiger partial charge in [0.05, 0.1) is 11.5 Å². The number of hydrogen-bond acceptors (Lipinski definition) is 3. The van der Waals surface area contributed by atoms with E-state index < -0.39 is 15.8 Å². The lowest BCUT2D eigenvalue weighted by molar-refractivity contribution is -0.0382. The smallest absolute Gasteiger partial charge is 0.248 e. The van der Waals surface area contributed by atoms with Crippen molar-refractivity contribution in [1.29, 1.82) is 0 Å². The van der Waals surface area contributed by atoms with Gasteiger partial charge in [0.2, 0.25) is 5.92 Å². The predicted octanol–water partition coefficient (Wildman–Crippen LogP) is 4.93. The zero-order valence-corrected chi connectivity index (χ0v) is 18.5. The number of sulfone groups is 1. The average molecular weight is 446 g/mol. The zero-order chi connectivity index (χ0) is 20.9. The summed E-state index contributed by atoms with van der Waals surface area (Å²) in [6.45, 7) is 5.04. The number of nitrogens with zero attached hydrogens (tertiary/aromatic N) is 1. The van der Waals surface area contributed by atoms with Gasteiger partial charge in [-0.3, -0.25) is 0 Å². The molecule has 0 radical (unpaired) electrons. The van der Waals surface area contributed by atoms with Crippen molar-refractivity contribution in [3.8, 4) is 0 Å². The molecule has 1 aromatic carbocycles. The Bertz CT molecular complexity index is 852. The van der Waals surface area contributed by atoms with Crippen molar-refractivity contribution in [3.63, 3.8) is 0 Å². The third-order valence-corrected chi connectivity index (χ3v) is 9.38. The first-order valence-corrected chi connectivity index (χ1v) is 12.8. The highest BCUT2D eigenvalue weighted by Crippen LogP contribution is 2.43. The van der Waals surface area contributed by atoms with E-state index in [2.05, 4.69) is 17.9 Å². The highest BCUT2D eigenvalue weighted by atomic mass is 35.5. The van der Waals surface area contributed by atoms with E-state index in [1.54, 1.807) is 0 Å². The first kappa shape index (κ1) is 21.5. The van der Waals surface area contributed by atoms with Crippen LogP contribution in [0, 0.1) is 11.3 Å². The molecule has 0 N–H and O–H groups in total. The molecule has 0 bridgehead atoms. The van der Waals surface area contributed by atoms with Gasteiger partial charge >= 0.3 is 0 Å². The molecule has 4 rings (SSSR count). The molecule has 1 saturated carbocycles. The van der Waals surface area contributed by atoms with Crippen molar-refractivity contribution >= 4 is 21.4 Å². The molecule has 1 aliphatic carbocycles. The minimum absolute atomic E-state index is 0.0142. The molecule has 1 unspecified atom stereocenters. The molecular weight excluding hydrogens is 416 g/mol. The van der Waals surface area contributed by atoms with Crippen molar-refractivity contribution in [2.24, 2.45) is 11.3 Å². The molecule has 3 fully saturated rings. The molecule has 162 valence electrons. The van der Waals surface area contributed by atoms with Gasteiger partial charge in [-0.2, -0.15) is 0 Å². The predicted molar refractivity (Wildman–Crippen MR) is 113 cm³/mol. The second-order valence-electron chi connectivity index (χ2n) is 9.81. The van der Waals surface area contributed by atoms with Crippen LogP contribution in [0.2, 0.25) is 5.02 Å². The fourth-order valence-corrected chi connectivity index (χ4v) is 8.21. The van der Waals surface area contributed by atoms with Crippen LogP contribution in [0.15, 0.2) is 18.2 Å². The summed E-state index contributed by atoms with van der Waals surface area (Å²) < 4.78 is 49.9. The molecule has 0 aromatic heterocycles. The monoisotopic (exact) mass is 445 g/mol. The van der Waals surface area contributed by atoms with Crippen LogP contribution >= 0.6 is 11.6 Å². The maximum Gasteiger partial charge on any atom is 0.248 e. The van der Waals surface area contributed by atoms with E-state index in [0.29, 0.717) is 35.3 Å². The molecule has 2 aliphatic heterocycles. The summed E-state index contributed by atoms with van der Waals surface area (Å²) in [6.07, 6.45) is 2.78. The Labute approximate surface area is 177 Å². The molecule has 0 amide bonds. The van der Waals surface area contributed by atoms with Crippen LogP contribution in [0.3, 0.4) is 0 Å². The van der Waals surface area contributed by atoms with Gasteiger partial charge in [0.15, 0.2) is 9.84 Å². The van der Waals surface area contributed by atoms with E-state index in [4.69, 9.17) is 11.6 Å². The lowest BCUT2D eigenvalue weighted by atomic mass is 9.82. The normalized spacial score (nSPS) is 27.0. The number of hydrogen-bond donors (Lipinski definition) is 0. The van der Waals surface area contributed by atoms with Crippen LogP contribution in [0.25, 0.3) is 0 Å². The van der Waals surface area contributed by atoms with Crippen molar-refractivity contribution < 1.29 is 17.2 Å². The molecular formula is C22H30ClF2NO2S. The van der Waals surface area contributed by atoms with Crippen molar-refractivity contribution in [3.05, 3.63) is 34.3 Å². The third kappa shape index (κ3) is 4.96. The summed E-state index contributed by atoms with van der Waals surface area (Å²) in [7, 11) is -2.78. The van der Waals surface area contributed by atoms with Crippen LogP contribution in [0.1, 0.15) is 56.1 Å². The molecule has 1 spiro atoms. The molecule has 3 nitrogen and oxygen atoms in total. The van der Waals surface area contributed by atoms with Gasteiger partial charge in [-0.15, -0.1) is 0 Å². The quantitative estimate of drug-likeness (QED) is 0.644. The first-order valence-electron chi connectivity index (χ1n) is 10.6. The Hall–Kier alpha value is -0.720. The summed E-state index contributed by atoms with van der Waals surface area (Å²) in [6, 6.07) is 6.13. The van der Waals surface area contributed by atoms with Gasteiger partial charge in [0, 0.05) is 36.4 Å². The Morgan fingerprint density at radius 3 is 2.52 bits per heavy atom. The molecule has 2 saturated heterocycles. The lowest BCUT2D eigenvalue weighted by Gasteiger charge is -2.37. The molecule has 29 heavy (non-hydrogen) atoms. The number of benzene rings is 1. The molecule has 1 aromatic rings. The molecule has 7 heteroatoms. The van der Waals surface area contributed by atoms with Gasteiger partial charge in [0.25, 0.3) is 0 Å². The largest absolute Gasteiger partial charge is 0.302 e. The fraction of sp³-hybridized carbons (Fsp3) is 0.727. The minimum Gasteiger partial charge on any atom is -0.302 e. The van der Waals surface area contributed by atoms with Crippen molar-refractivity contribution in [2.45, 2.75) is 57.3 Å². The van der Waals surface area contributed by atoms with Crippen LogP contribution in [-0.4, -0.2) is 50.4 Å². The summed E-state index contributed by atoms with van der Waals surface area (Å²) in [5.74, 6) is -1.23. The van der Waals surface area contributed by atoms with E-state index >= 15 is 0 Å². The lowest BCUT2D eigenvalue weighted by Crippen LogP contribution is -2.50. The van der Waals surface area contributed by atoms with Crippen molar-refractivity contribution in [2.75, 3.05) is 31.1 Å². The van der Waals surface area contributed by atoms with E-state index in [1.165, 1.54) is 5.56 Å². The van der Waals surface area contributed by atoms with Crippen molar-refractivity contribution in [1.82, 2.24) is 4.90 Å². The van der Waals surface area contributed by atoms with Gasteiger partial charge in [-0.25, -0.2) is 17.2 Å². The summed E-state index contributed by atoms with van der Waals surface area (Å²) in [5.41, 5.74) is 2.19. The maximum absolute atomic E-state index is 13.4. The summed E-state index contributed by atoms with van der Waals surface area (Å²) >= 11 is 6.52. The zero-order valence-electron chi connectivity index (χ0n) is 17.0. The first-order chi connectivity index (χ1) is 13.5. The SMILES string of the molecule is CC(Cc1ccc(C2CCC(F)(F)CC2)c(Cl)c1)CN1CCC2(C1)CS(=O)(=O)C2. The van der Waals surface area contributed by atoms with Gasteiger partial charge < -0.3 is 4.90 Å². The standard InChI is InChI=1S/C22H30ClF2NO2S/c1-16(12-26-9-8-21(13-26)14-29(27,28)15-21)10-17-2-3-19(20(23)11-17)18-4-6-22(24,25)7-5-18/h2-3,11,16,18H,4-10,12-15H2,1H3.